The molecular formula is C24H21FN2O3. The van der Waals surface area contributed by atoms with Gasteiger partial charge in [-0.15, -0.1) is 0 Å². The van der Waals surface area contributed by atoms with E-state index in [-0.39, 0.29) is 18.2 Å². The number of carbonyl (C=O) groups is 2. The summed E-state index contributed by atoms with van der Waals surface area (Å²) in [4.78, 5) is 27.5. The molecule has 3 aromatic rings. The Morgan fingerprint density at radius 2 is 1.87 bits per heavy atom. The van der Waals surface area contributed by atoms with Crippen LogP contribution in [0.4, 0.5) is 10.1 Å². The Labute approximate surface area is 174 Å². The van der Waals surface area contributed by atoms with Crippen LogP contribution in [0.15, 0.2) is 72.8 Å². The van der Waals surface area contributed by atoms with Crippen LogP contribution in [0.2, 0.25) is 0 Å². The van der Waals surface area contributed by atoms with Crippen LogP contribution in [0.5, 0.6) is 5.75 Å². The Morgan fingerprint density at radius 3 is 2.57 bits per heavy atom. The van der Waals surface area contributed by atoms with Crippen molar-refractivity contribution >= 4 is 17.5 Å². The largest absolute Gasteiger partial charge is 0.497 e. The van der Waals surface area contributed by atoms with Gasteiger partial charge in [0.1, 0.15) is 11.6 Å². The summed E-state index contributed by atoms with van der Waals surface area (Å²) >= 11 is 0. The van der Waals surface area contributed by atoms with E-state index >= 15 is 0 Å². The van der Waals surface area contributed by atoms with Gasteiger partial charge >= 0.3 is 0 Å². The molecular weight excluding hydrogens is 383 g/mol. The third-order valence-electron chi connectivity index (χ3n) is 5.21. The number of amides is 2. The Hall–Kier alpha value is -3.67. The maximum absolute atomic E-state index is 13.4. The fraction of sp³-hybridized carbons (Fsp3) is 0.167. The molecule has 0 fully saturated rings. The van der Waals surface area contributed by atoms with Gasteiger partial charge in [0.2, 0.25) is 5.91 Å². The van der Waals surface area contributed by atoms with Gasteiger partial charge in [-0.05, 0) is 47.5 Å². The molecule has 3 aromatic carbocycles. The molecule has 0 aromatic heterocycles. The lowest BCUT2D eigenvalue weighted by Crippen LogP contribution is -2.32. The van der Waals surface area contributed by atoms with Gasteiger partial charge in [0.05, 0.1) is 19.6 Å². The zero-order valence-electron chi connectivity index (χ0n) is 16.5. The molecule has 0 radical (unpaired) electrons. The van der Waals surface area contributed by atoms with Crippen molar-refractivity contribution in [1.82, 2.24) is 4.90 Å². The van der Waals surface area contributed by atoms with E-state index in [1.807, 2.05) is 30.3 Å². The first-order valence-electron chi connectivity index (χ1n) is 9.63. The van der Waals surface area contributed by atoms with Gasteiger partial charge in [-0.25, -0.2) is 4.39 Å². The van der Waals surface area contributed by atoms with Crippen molar-refractivity contribution in [3.8, 4) is 5.75 Å². The topological polar surface area (TPSA) is 58.6 Å². The number of fused-ring (bicyclic) bond motifs is 1. The second-order valence-corrected chi connectivity index (χ2v) is 7.14. The molecule has 0 bridgehead atoms. The lowest BCUT2D eigenvalue weighted by Gasteiger charge is -2.28. The number of ether oxygens (including phenoxy) is 1. The zero-order valence-corrected chi connectivity index (χ0v) is 16.5. The molecule has 1 aliphatic rings. The number of nitrogens with zero attached hydrogens (tertiary/aromatic N) is 1. The number of benzene rings is 3. The molecule has 4 rings (SSSR count). The third-order valence-corrected chi connectivity index (χ3v) is 5.21. The van der Waals surface area contributed by atoms with Crippen LogP contribution < -0.4 is 10.1 Å². The number of hydrogen-bond acceptors (Lipinski definition) is 3. The molecule has 30 heavy (non-hydrogen) atoms. The molecule has 0 aliphatic carbocycles. The molecule has 0 saturated heterocycles. The zero-order chi connectivity index (χ0) is 21.1. The van der Waals surface area contributed by atoms with E-state index in [0.29, 0.717) is 23.5 Å². The summed E-state index contributed by atoms with van der Waals surface area (Å²) in [6.07, 6.45) is 0.0442. The minimum absolute atomic E-state index is 0.0442. The second kappa shape index (κ2) is 8.37. The first-order valence-corrected chi connectivity index (χ1v) is 9.63. The van der Waals surface area contributed by atoms with Crippen molar-refractivity contribution in [2.45, 2.75) is 19.0 Å². The molecule has 1 aliphatic heterocycles. The van der Waals surface area contributed by atoms with Gasteiger partial charge in [0, 0.05) is 17.8 Å². The SMILES string of the molecule is COc1ccc([C@@H](CC(=O)Nc2cccc(F)c2)N2Cc3ccccc3C2=O)cc1. The second-order valence-electron chi connectivity index (χ2n) is 7.14. The lowest BCUT2D eigenvalue weighted by molar-refractivity contribution is -0.117. The first kappa shape index (κ1) is 19.6. The molecule has 0 spiro atoms. The fourth-order valence-corrected chi connectivity index (χ4v) is 3.72. The van der Waals surface area contributed by atoms with Crippen LogP contribution in [0.25, 0.3) is 0 Å². The molecule has 1 heterocycles. The normalized spacial score (nSPS) is 13.7. The van der Waals surface area contributed by atoms with Gasteiger partial charge in [0.25, 0.3) is 5.91 Å². The summed E-state index contributed by atoms with van der Waals surface area (Å²) in [5.41, 5.74) is 2.80. The highest BCUT2D eigenvalue weighted by molar-refractivity contribution is 5.99. The standard InChI is InChI=1S/C24H21FN2O3/c1-30-20-11-9-16(10-12-20)22(14-23(28)26-19-7-4-6-18(25)13-19)27-15-17-5-2-3-8-21(17)24(27)29/h2-13,22H,14-15H2,1H3,(H,26,28)/t22-/m1/s1. The van der Waals surface area contributed by atoms with E-state index in [1.165, 1.54) is 18.2 Å². The van der Waals surface area contributed by atoms with E-state index < -0.39 is 11.9 Å². The van der Waals surface area contributed by atoms with Crippen LogP contribution in [0.1, 0.15) is 33.9 Å². The fourth-order valence-electron chi connectivity index (χ4n) is 3.72. The first-order chi connectivity index (χ1) is 14.5. The summed E-state index contributed by atoms with van der Waals surface area (Å²) in [5, 5.41) is 2.72. The van der Waals surface area contributed by atoms with Gasteiger partial charge < -0.3 is 15.0 Å². The number of rotatable bonds is 6. The van der Waals surface area contributed by atoms with E-state index in [2.05, 4.69) is 5.32 Å². The van der Waals surface area contributed by atoms with Crippen LogP contribution in [0, 0.1) is 5.82 Å². The number of methoxy groups -OCH3 is 1. The number of nitrogens with one attached hydrogen (secondary N) is 1. The summed E-state index contributed by atoms with van der Waals surface area (Å²) in [6.45, 7) is 0.430. The Kier molecular flexibility index (Phi) is 5.48. The summed E-state index contributed by atoms with van der Waals surface area (Å²) in [5.74, 6) is -0.141. The molecule has 1 N–H and O–H groups in total. The minimum atomic E-state index is -0.468. The van der Waals surface area contributed by atoms with Gasteiger partial charge in [0.15, 0.2) is 0 Å². The molecule has 1 atom stereocenters. The molecule has 5 nitrogen and oxygen atoms in total. The quantitative estimate of drug-likeness (QED) is 0.655. The lowest BCUT2D eigenvalue weighted by atomic mass is 10.0. The van der Waals surface area contributed by atoms with Gasteiger partial charge in [-0.1, -0.05) is 36.4 Å². The van der Waals surface area contributed by atoms with Gasteiger partial charge in [-0.2, -0.15) is 0 Å². The Bertz CT molecular complexity index is 1080. The number of hydrogen-bond donors (Lipinski definition) is 1. The van der Waals surface area contributed by atoms with Crippen molar-refractivity contribution in [2.24, 2.45) is 0 Å². The summed E-state index contributed by atoms with van der Waals surface area (Å²) in [7, 11) is 1.58. The average Bonchev–Trinajstić information content (AvgIpc) is 3.09. The maximum Gasteiger partial charge on any atom is 0.255 e. The molecule has 6 heteroatoms. The van der Waals surface area contributed by atoms with Crippen LogP contribution >= 0.6 is 0 Å². The van der Waals surface area contributed by atoms with E-state index in [9.17, 15) is 14.0 Å². The molecule has 0 unspecified atom stereocenters. The summed E-state index contributed by atoms with van der Waals surface area (Å²) in [6, 6.07) is 20.0. The highest BCUT2D eigenvalue weighted by Crippen LogP contribution is 2.34. The average molecular weight is 404 g/mol. The van der Waals surface area contributed by atoms with Crippen LogP contribution in [-0.4, -0.2) is 23.8 Å². The van der Waals surface area contributed by atoms with Crippen molar-refractivity contribution < 1.29 is 18.7 Å². The number of halogens is 1. The monoisotopic (exact) mass is 404 g/mol. The van der Waals surface area contributed by atoms with Crippen LogP contribution in [-0.2, 0) is 11.3 Å². The van der Waals surface area contributed by atoms with E-state index in [4.69, 9.17) is 4.74 Å². The Morgan fingerprint density at radius 1 is 1.10 bits per heavy atom. The minimum Gasteiger partial charge on any atom is -0.497 e. The van der Waals surface area contributed by atoms with E-state index in [0.717, 1.165) is 11.1 Å². The maximum atomic E-state index is 13.4. The van der Waals surface area contributed by atoms with Crippen molar-refractivity contribution in [3.05, 3.63) is 95.3 Å². The highest BCUT2D eigenvalue weighted by atomic mass is 19.1. The van der Waals surface area contributed by atoms with Gasteiger partial charge in [-0.3, -0.25) is 9.59 Å². The van der Waals surface area contributed by atoms with Crippen molar-refractivity contribution in [1.29, 1.82) is 0 Å². The van der Waals surface area contributed by atoms with Crippen molar-refractivity contribution in [3.63, 3.8) is 0 Å². The molecule has 2 amide bonds. The smallest absolute Gasteiger partial charge is 0.255 e. The predicted molar refractivity (Wildman–Crippen MR) is 112 cm³/mol. The van der Waals surface area contributed by atoms with E-state index in [1.54, 1.807) is 36.3 Å². The molecule has 152 valence electrons. The molecule has 0 saturated carbocycles. The summed E-state index contributed by atoms with van der Waals surface area (Å²) < 4.78 is 18.7. The Balaban J connectivity index is 1.60. The predicted octanol–water partition coefficient (Wildman–Crippen LogP) is 4.56. The third kappa shape index (κ3) is 4.03. The van der Waals surface area contributed by atoms with Crippen LogP contribution in [0.3, 0.4) is 0 Å². The highest BCUT2D eigenvalue weighted by Gasteiger charge is 2.34. The van der Waals surface area contributed by atoms with Crippen molar-refractivity contribution in [2.75, 3.05) is 12.4 Å². The number of anilines is 1. The number of carbonyl (C=O) groups excluding carboxylic acids is 2.